The number of ketones is 3. The van der Waals surface area contributed by atoms with Gasteiger partial charge in [0.25, 0.3) is 0 Å². The molecule has 0 bridgehead atoms. The number of hydrogen-bond acceptors (Lipinski definition) is 7. The molecule has 1 saturated carbocycles. The minimum atomic E-state index is -3.56. The van der Waals surface area contributed by atoms with Gasteiger partial charge in [-0.3, -0.25) is 14.4 Å². The first kappa shape index (κ1) is 20.5. The van der Waals surface area contributed by atoms with Gasteiger partial charge < -0.3 is 4.74 Å². The minimum Gasteiger partial charge on any atom is -0.384 e. The highest BCUT2D eigenvalue weighted by Gasteiger charge is 2.42. The summed E-state index contributed by atoms with van der Waals surface area (Å²) in [4.78, 5) is 37.1. The van der Waals surface area contributed by atoms with Crippen LogP contribution >= 0.6 is 23.4 Å². The van der Waals surface area contributed by atoms with Gasteiger partial charge in [0.2, 0.25) is 0 Å². The maximum Gasteiger partial charge on any atom is 0.191 e. The second kappa shape index (κ2) is 8.03. The molecular formula is C18H19ClO6S2. The highest BCUT2D eigenvalue weighted by molar-refractivity contribution is 8.13. The zero-order valence-electron chi connectivity index (χ0n) is 14.7. The number of benzene rings is 1. The Labute approximate surface area is 166 Å². The van der Waals surface area contributed by atoms with Crippen LogP contribution < -0.4 is 0 Å². The summed E-state index contributed by atoms with van der Waals surface area (Å²) in [7, 11) is -2.02. The van der Waals surface area contributed by atoms with Crippen LogP contribution in [0.3, 0.4) is 0 Å². The topological polar surface area (TPSA) is 94.6 Å². The number of thioether (sulfide) groups is 1. The Morgan fingerprint density at radius 3 is 2.56 bits per heavy atom. The molecule has 6 nitrogen and oxygen atoms in total. The van der Waals surface area contributed by atoms with Crippen LogP contribution in [-0.2, 0) is 30.6 Å². The Morgan fingerprint density at radius 1 is 1.26 bits per heavy atom. The molecule has 146 valence electrons. The smallest absolute Gasteiger partial charge is 0.191 e. The Morgan fingerprint density at radius 2 is 1.93 bits per heavy atom. The van der Waals surface area contributed by atoms with Crippen LogP contribution in [-0.4, -0.2) is 49.8 Å². The summed E-state index contributed by atoms with van der Waals surface area (Å²) in [5.74, 6) is -2.23. The third-order valence-corrected chi connectivity index (χ3v) is 9.23. The van der Waals surface area contributed by atoms with Gasteiger partial charge in [0.15, 0.2) is 27.2 Å². The summed E-state index contributed by atoms with van der Waals surface area (Å²) in [5.41, 5.74) is 0.426. The number of sulfone groups is 1. The van der Waals surface area contributed by atoms with Crippen molar-refractivity contribution in [2.24, 2.45) is 5.92 Å². The van der Waals surface area contributed by atoms with Crippen LogP contribution in [0.15, 0.2) is 17.0 Å². The Balaban J connectivity index is 1.93. The third-order valence-electron chi connectivity index (χ3n) is 4.83. The number of rotatable bonds is 6. The highest BCUT2D eigenvalue weighted by atomic mass is 35.5. The Kier molecular flexibility index (Phi) is 6.10. The van der Waals surface area contributed by atoms with Crippen molar-refractivity contribution in [1.29, 1.82) is 0 Å². The van der Waals surface area contributed by atoms with E-state index in [4.69, 9.17) is 16.3 Å². The van der Waals surface area contributed by atoms with Crippen LogP contribution in [0.4, 0.5) is 0 Å². The predicted octanol–water partition coefficient (Wildman–Crippen LogP) is 2.50. The number of carbonyl (C=O) groups is 3. The largest absolute Gasteiger partial charge is 0.384 e. The molecule has 9 heteroatoms. The lowest BCUT2D eigenvalue weighted by Gasteiger charge is -2.19. The molecule has 0 aromatic heterocycles. The first-order valence-electron chi connectivity index (χ1n) is 8.54. The average Bonchev–Trinajstić information content (AvgIpc) is 2.87. The van der Waals surface area contributed by atoms with Crippen molar-refractivity contribution in [3.05, 3.63) is 28.3 Å². The monoisotopic (exact) mass is 430 g/mol. The van der Waals surface area contributed by atoms with Gasteiger partial charge in [-0.1, -0.05) is 11.6 Å². The van der Waals surface area contributed by atoms with Crippen molar-refractivity contribution < 1.29 is 27.5 Å². The molecule has 1 aliphatic carbocycles. The lowest BCUT2D eigenvalue weighted by atomic mass is 9.81. The first-order chi connectivity index (χ1) is 12.8. The van der Waals surface area contributed by atoms with Crippen LogP contribution in [0, 0.1) is 5.92 Å². The average molecular weight is 431 g/mol. The summed E-state index contributed by atoms with van der Waals surface area (Å²) in [6.45, 7) is 0.427. The second-order valence-electron chi connectivity index (χ2n) is 6.53. The third kappa shape index (κ3) is 3.72. The van der Waals surface area contributed by atoms with Gasteiger partial charge in [-0.2, -0.15) is 0 Å². The standard InChI is InChI=1S/C18H19ClO6S2/c1-25-7-8-26-15-9-11-14(27(15,23)24)6-5-10(17(11)19)18(22)16-12(20)3-2-4-13(16)21/h5-6,15-16H,2-4,7-9H2,1H3. The van der Waals surface area contributed by atoms with Gasteiger partial charge in [-0.05, 0) is 24.1 Å². The lowest BCUT2D eigenvalue weighted by Crippen LogP contribution is -2.35. The number of fused-ring (bicyclic) bond motifs is 1. The molecule has 1 aliphatic heterocycles. The molecule has 1 unspecified atom stereocenters. The molecule has 1 aromatic carbocycles. The lowest BCUT2D eigenvalue weighted by molar-refractivity contribution is -0.133. The van der Waals surface area contributed by atoms with Crippen LogP contribution in [0.2, 0.25) is 5.02 Å². The Hall–Kier alpha value is -1.22. The second-order valence-corrected chi connectivity index (χ2v) is 10.6. The molecule has 1 heterocycles. The maximum absolute atomic E-state index is 12.8. The molecule has 0 saturated heterocycles. The minimum absolute atomic E-state index is 0.0297. The molecule has 0 radical (unpaired) electrons. The van der Waals surface area contributed by atoms with Crippen LogP contribution in [0.1, 0.15) is 35.2 Å². The number of ether oxygens (including phenoxy) is 1. The van der Waals surface area contributed by atoms with Gasteiger partial charge >= 0.3 is 0 Å². The van der Waals surface area contributed by atoms with E-state index in [-0.39, 0.29) is 34.7 Å². The van der Waals surface area contributed by atoms with E-state index < -0.39 is 37.7 Å². The molecular weight excluding hydrogens is 412 g/mol. The molecule has 2 aliphatic rings. The summed E-state index contributed by atoms with van der Waals surface area (Å²) in [6.07, 6.45) is 1.02. The summed E-state index contributed by atoms with van der Waals surface area (Å²) in [6, 6.07) is 2.68. The van der Waals surface area contributed by atoms with Crippen molar-refractivity contribution >= 4 is 50.5 Å². The number of carbonyl (C=O) groups excluding carboxylic acids is 3. The van der Waals surface area contributed by atoms with Crippen molar-refractivity contribution in [3.63, 3.8) is 0 Å². The van der Waals surface area contributed by atoms with E-state index >= 15 is 0 Å². The SMILES string of the molecule is COCCSC1Cc2c(ccc(C(=O)C3C(=O)CCCC3=O)c2Cl)S1(=O)=O. The summed E-state index contributed by atoms with van der Waals surface area (Å²) < 4.78 is 29.7. The summed E-state index contributed by atoms with van der Waals surface area (Å²) >= 11 is 7.63. The molecule has 1 fully saturated rings. The van der Waals surface area contributed by atoms with Crippen LogP contribution in [0.25, 0.3) is 0 Å². The van der Waals surface area contributed by atoms with Gasteiger partial charge in [-0.25, -0.2) is 8.42 Å². The summed E-state index contributed by atoms with van der Waals surface area (Å²) in [5, 5.41) is 0.0297. The zero-order chi connectivity index (χ0) is 19.8. The van der Waals surface area contributed by atoms with Crippen molar-refractivity contribution in [3.8, 4) is 0 Å². The number of Topliss-reactive ketones (excluding diaryl/α,β-unsaturated/α-hetero) is 3. The van der Waals surface area contributed by atoms with Gasteiger partial charge in [0.05, 0.1) is 16.5 Å². The number of halogens is 1. The fourth-order valence-electron chi connectivity index (χ4n) is 3.43. The van der Waals surface area contributed by atoms with Gasteiger partial charge in [-0.15, -0.1) is 11.8 Å². The van der Waals surface area contributed by atoms with E-state index in [2.05, 4.69) is 0 Å². The normalized spacial score (nSPS) is 22.1. The molecule has 0 spiro atoms. The maximum atomic E-state index is 12.8. The van der Waals surface area contributed by atoms with Crippen LogP contribution in [0.5, 0.6) is 0 Å². The molecule has 1 atom stereocenters. The quantitative estimate of drug-likeness (QED) is 0.388. The molecule has 27 heavy (non-hydrogen) atoms. The van der Waals surface area contributed by atoms with Gasteiger partial charge in [0, 0.05) is 37.7 Å². The van der Waals surface area contributed by atoms with Crippen molar-refractivity contribution in [1.82, 2.24) is 0 Å². The van der Waals surface area contributed by atoms with E-state index in [0.717, 1.165) is 0 Å². The number of methoxy groups -OCH3 is 1. The molecule has 3 rings (SSSR count). The predicted molar refractivity (Wildman–Crippen MR) is 102 cm³/mol. The Bertz CT molecular complexity index is 893. The van der Waals surface area contributed by atoms with E-state index in [1.807, 2.05) is 0 Å². The van der Waals surface area contributed by atoms with E-state index in [0.29, 0.717) is 24.3 Å². The van der Waals surface area contributed by atoms with E-state index in [9.17, 15) is 22.8 Å². The van der Waals surface area contributed by atoms with E-state index in [1.165, 1.54) is 23.9 Å². The van der Waals surface area contributed by atoms with E-state index in [1.54, 1.807) is 7.11 Å². The molecule has 0 amide bonds. The zero-order valence-corrected chi connectivity index (χ0v) is 17.1. The molecule has 0 N–H and O–H groups in total. The van der Waals surface area contributed by atoms with Crippen molar-refractivity contribution in [2.75, 3.05) is 19.5 Å². The van der Waals surface area contributed by atoms with Crippen molar-refractivity contribution in [2.45, 2.75) is 35.2 Å². The fourth-order valence-corrected chi connectivity index (χ4v) is 7.41. The molecule has 1 aromatic rings. The van der Waals surface area contributed by atoms with Gasteiger partial charge in [0.1, 0.15) is 10.5 Å². The fraction of sp³-hybridized carbons (Fsp3) is 0.500. The number of hydrogen-bond donors (Lipinski definition) is 0. The first-order valence-corrected chi connectivity index (χ1v) is 11.5. The highest BCUT2D eigenvalue weighted by Crippen LogP contribution is 2.42.